The number of hydrogen-bond donors (Lipinski definition) is 0. The van der Waals surface area contributed by atoms with E-state index in [-0.39, 0.29) is 6.71 Å². The Kier molecular flexibility index (Phi) is 7.45. The van der Waals surface area contributed by atoms with Gasteiger partial charge in [0.1, 0.15) is 0 Å². The van der Waals surface area contributed by atoms with Crippen molar-refractivity contribution in [1.82, 2.24) is 9.13 Å². The zero-order valence-corrected chi connectivity index (χ0v) is 38.8. The highest BCUT2D eigenvalue weighted by atomic mass is 15.0. The van der Waals surface area contributed by atoms with Gasteiger partial charge in [0.2, 0.25) is 0 Å². The van der Waals surface area contributed by atoms with Gasteiger partial charge in [-0.3, -0.25) is 0 Å². The van der Waals surface area contributed by atoms with Gasteiger partial charge in [-0.2, -0.15) is 0 Å². The second-order valence-corrected chi connectivity index (χ2v) is 21.4. The van der Waals surface area contributed by atoms with Crippen molar-refractivity contribution in [3.63, 3.8) is 0 Å². The minimum Gasteiger partial charge on any atom is -0.310 e. The quantitative estimate of drug-likeness (QED) is 0.121. The van der Waals surface area contributed by atoms with Gasteiger partial charge in [-0.25, -0.2) is 0 Å². The zero-order chi connectivity index (χ0) is 44.6. The van der Waals surface area contributed by atoms with Crippen molar-refractivity contribution >= 4 is 131 Å². The molecular weight excluding hydrogens is 832 g/mol. The van der Waals surface area contributed by atoms with Crippen LogP contribution in [0.1, 0.15) is 87.2 Å². The van der Waals surface area contributed by atoms with Crippen LogP contribution in [0, 0.1) is 0 Å². The Morgan fingerprint density at radius 2 is 0.797 bits per heavy atom. The lowest BCUT2D eigenvalue weighted by Gasteiger charge is -2.34. The van der Waals surface area contributed by atoms with Crippen molar-refractivity contribution in [2.75, 3.05) is 0 Å². The number of fused-ring (bicyclic) bond motifs is 24. The van der Waals surface area contributed by atoms with Crippen molar-refractivity contribution in [3.05, 3.63) is 175 Å². The SMILES string of the molecule is c1cc2c3c(c1)-n1c4ccc5c6ccccc6c6ccccc6c5c4c4c5c6ccccc6c6ccccc6c5cc(c41)B3c1cc(C3CCCCC3)cc3c4cc(C5CCCCC5)ccc4n-2c13. The van der Waals surface area contributed by atoms with Crippen LogP contribution in [-0.4, -0.2) is 15.8 Å². The maximum absolute atomic E-state index is 2.72. The largest absolute Gasteiger partial charge is 0.310 e. The summed E-state index contributed by atoms with van der Waals surface area (Å²) in [7, 11) is 0. The minimum atomic E-state index is 0.0645. The summed E-state index contributed by atoms with van der Waals surface area (Å²) in [4.78, 5) is 0. The molecule has 4 aliphatic rings. The fourth-order valence-corrected chi connectivity index (χ4v) is 15.3. The summed E-state index contributed by atoms with van der Waals surface area (Å²) >= 11 is 0. The topological polar surface area (TPSA) is 9.86 Å². The third-order valence-corrected chi connectivity index (χ3v) is 18.2. The fraction of sp³-hybridized carbons (Fsp3) is 0.182. The maximum Gasteiger partial charge on any atom is 0.252 e. The second-order valence-electron chi connectivity index (χ2n) is 21.4. The fourth-order valence-electron chi connectivity index (χ4n) is 15.3. The molecule has 2 fully saturated rings. The monoisotopic (exact) mass is 880 g/mol. The molecule has 13 aromatic rings. The van der Waals surface area contributed by atoms with Gasteiger partial charge in [0.25, 0.3) is 6.71 Å². The van der Waals surface area contributed by atoms with Crippen LogP contribution in [0.4, 0.5) is 0 Å². The molecule has 0 radical (unpaired) electrons. The molecule has 2 aromatic heterocycles. The van der Waals surface area contributed by atoms with E-state index in [1.165, 1.54) is 200 Å². The summed E-state index contributed by atoms with van der Waals surface area (Å²) in [6, 6.07) is 64.7. The van der Waals surface area contributed by atoms with Crippen LogP contribution >= 0.6 is 0 Å². The van der Waals surface area contributed by atoms with Crippen LogP contribution in [0.15, 0.2) is 164 Å². The third kappa shape index (κ3) is 4.79. The lowest BCUT2D eigenvalue weighted by atomic mass is 9.34. The molecule has 2 aliphatic carbocycles. The molecule has 2 aliphatic heterocycles. The number of rotatable bonds is 2. The van der Waals surface area contributed by atoms with E-state index in [1.54, 1.807) is 11.1 Å². The van der Waals surface area contributed by atoms with Gasteiger partial charge in [0.05, 0.1) is 16.6 Å². The average molecular weight is 881 g/mol. The molecule has 0 bridgehead atoms. The first-order valence-electron chi connectivity index (χ1n) is 26.1. The Balaban J connectivity index is 1.10. The molecular formula is C66H49BN2. The van der Waals surface area contributed by atoms with Crippen molar-refractivity contribution < 1.29 is 0 Å². The van der Waals surface area contributed by atoms with Crippen LogP contribution in [0.25, 0.3) is 120 Å². The minimum absolute atomic E-state index is 0.0645. The van der Waals surface area contributed by atoms with E-state index in [0.29, 0.717) is 11.8 Å². The average Bonchev–Trinajstić information content (AvgIpc) is 3.95. The molecule has 326 valence electrons. The Labute approximate surface area is 400 Å². The molecule has 4 heterocycles. The number of hydrogen-bond acceptors (Lipinski definition) is 0. The van der Waals surface area contributed by atoms with Gasteiger partial charge < -0.3 is 9.13 Å². The first kappa shape index (κ1) is 37.6. The van der Waals surface area contributed by atoms with Crippen molar-refractivity contribution in [2.45, 2.75) is 76.0 Å². The summed E-state index contributed by atoms with van der Waals surface area (Å²) in [6.45, 7) is 0.0645. The number of benzene rings is 11. The predicted molar refractivity (Wildman–Crippen MR) is 296 cm³/mol. The Morgan fingerprint density at radius 1 is 0.319 bits per heavy atom. The van der Waals surface area contributed by atoms with Crippen molar-refractivity contribution in [3.8, 4) is 11.4 Å². The van der Waals surface area contributed by atoms with E-state index < -0.39 is 0 Å². The van der Waals surface area contributed by atoms with Gasteiger partial charge in [0.15, 0.2) is 0 Å². The maximum atomic E-state index is 2.72. The number of nitrogens with zero attached hydrogens (tertiary/aromatic N) is 2. The highest BCUT2D eigenvalue weighted by molar-refractivity contribution is 7.00. The van der Waals surface area contributed by atoms with Crippen LogP contribution in [0.3, 0.4) is 0 Å². The highest BCUT2D eigenvalue weighted by Crippen LogP contribution is 2.50. The first-order chi connectivity index (χ1) is 34.3. The van der Waals surface area contributed by atoms with Crippen molar-refractivity contribution in [1.29, 1.82) is 0 Å². The van der Waals surface area contributed by atoms with Crippen LogP contribution in [0.5, 0.6) is 0 Å². The molecule has 17 rings (SSSR count). The molecule has 0 spiro atoms. The Hall–Kier alpha value is -7.36. The smallest absolute Gasteiger partial charge is 0.252 e. The van der Waals surface area contributed by atoms with E-state index in [0.717, 1.165) is 0 Å². The lowest BCUT2D eigenvalue weighted by molar-refractivity contribution is 0.444. The van der Waals surface area contributed by atoms with Crippen LogP contribution in [0.2, 0.25) is 0 Å². The van der Waals surface area contributed by atoms with E-state index in [1.807, 2.05) is 0 Å². The second kappa shape index (κ2) is 13.7. The summed E-state index contributed by atoms with van der Waals surface area (Å²) in [5.74, 6) is 1.25. The summed E-state index contributed by atoms with van der Waals surface area (Å²) in [5, 5.41) is 21.7. The number of aromatic nitrogens is 2. The Morgan fingerprint density at radius 3 is 1.42 bits per heavy atom. The molecule has 2 nitrogen and oxygen atoms in total. The van der Waals surface area contributed by atoms with Gasteiger partial charge in [0, 0.05) is 49.2 Å². The van der Waals surface area contributed by atoms with Crippen LogP contribution in [-0.2, 0) is 0 Å². The predicted octanol–water partition coefficient (Wildman–Crippen LogP) is 16.0. The third-order valence-electron chi connectivity index (χ3n) is 18.2. The van der Waals surface area contributed by atoms with Gasteiger partial charge in [-0.15, -0.1) is 0 Å². The first-order valence-corrected chi connectivity index (χ1v) is 26.1. The summed E-state index contributed by atoms with van der Waals surface area (Å²) in [6.07, 6.45) is 13.3. The van der Waals surface area contributed by atoms with E-state index in [9.17, 15) is 0 Å². The molecule has 0 N–H and O–H groups in total. The molecule has 0 amide bonds. The molecule has 0 unspecified atom stereocenters. The van der Waals surface area contributed by atoms with Gasteiger partial charge >= 0.3 is 0 Å². The van der Waals surface area contributed by atoms with E-state index in [4.69, 9.17) is 0 Å². The standard InChI is InChI=1S/C66H49BN2/c1-3-16-38(17-4-1)40-30-32-56-51(34-40)53-35-41(39-18-5-2-6-19-39)36-54-65(53)68(56)58-28-15-29-59-64(58)67(54)55-37-52-47-25-10-8-21-43(47)45-23-12-14-27-49(45)61(52)63-62-57(69(59)66(55)63)33-31-50-46-24-9-7-20-42(46)44-22-11-13-26-48(44)60(50)62/h7-15,20-39H,1-6,16-19H2. The molecule has 69 heavy (non-hydrogen) atoms. The normalized spacial score (nSPS) is 16.3. The van der Waals surface area contributed by atoms with Crippen molar-refractivity contribution in [2.24, 2.45) is 0 Å². The molecule has 0 saturated heterocycles. The molecule has 2 saturated carbocycles. The lowest BCUT2D eigenvalue weighted by Crippen LogP contribution is -2.59. The van der Waals surface area contributed by atoms with E-state index in [2.05, 4.69) is 173 Å². The highest BCUT2D eigenvalue weighted by Gasteiger charge is 2.42. The summed E-state index contributed by atoms with van der Waals surface area (Å²) in [5.41, 5.74) is 15.6. The Bertz CT molecular complexity index is 4420. The van der Waals surface area contributed by atoms with Gasteiger partial charge in [-0.1, -0.05) is 166 Å². The van der Waals surface area contributed by atoms with Gasteiger partial charge in [-0.05, 0) is 155 Å². The molecule has 3 heteroatoms. The van der Waals surface area contributed by atoms with Crippen LogP contribution < -0.4 is 16.4 Å². The molecule has 0 atom stereocenters. The molecule has 11 aromatic carbocycles. The van der Waals surface area contributed by atoms with E-state index >= 15 is 0 Å². The zero-order valence-electron chi connectivity index (χ0n) is 38.8. The summed E-state index contributed by atoms with van der Waals surface area (Å²) < 4.78 is 5.43.